The minimum atomic E-state index is -1.02. The normalized spacial score (nSPS) is 15.2. The Morgan fingerprint density at radius 1 is 0.943 bits per heavy atom. The van der Waals surface area contributed by atoms with Gasteiger partial charge in [0.1, 0.15) is 11.8 Å². The summed E-state index contributed by atoms with van der Waals surface area (Å²) in [5.41, 5.74) is 4.22. The number of anilines is 2. The second-order valence-corrected chi connectivity index (χ2v) is 8.06. The molecule has 0 aliphatic carbocycles. The van der Waals surface area contributed by atoms with E-state index in [4.69, 9.17) is 17.0 Å². The molecule has 178 valence electrons. The molecule has 1 atom stereocenters. The van der Waals surface area contributed by atoms with Crippen LogP contribution >= 0.6 is 12.2 Å². The van der Waals surface area contributed by atoms with Crippen molar-refractivity contribution in [2.75, 3.05) is 16.8 Å². The van der Waals surface area contributed by atoms with E-state index in [0.29, 0.717) is 29.3 Å². The maximum atomic E-state index is 13.4. The first-order chi connectivity index (χ1) is 17.0. The minimum Gasteiger partial charge on any atom is -0.494 e. The summed E-state index contributed by atoms with van der Waals surface area (Å²) in [7, 11) is 0. The summed E-state index contributed by atoms with van der Waals surface area (Å²) in [6, 6.07) is 23.4. The molecular formula is C26H24N4O4S. The SMILES string of the molecule is CCOc1ccc(NC(=O)CC2C(=O)N(c3ccccc3)C(=S)N2NC(=O)c2ccccc2)cc1. The number of nitrogens with one attached hydrogen (secondary N) is 2. The fraction of sp³-hybridized carbons (Fsp3) is 0.154. The maximum absolute atomic E-state index is 13.4. The molecule has 0 bridgehead atoms. The number of para-hydroxylation sites is 1. The number of hydrazine groups is 1. The van der Waals surface area contributed by atoms with Crippen LogP contribution in [-0.4, -0.2) is 40.5 Å². The van der Waals surface area contributed by atoms with Crippen LogP contribution in [0.25, 0.3) is 0 Å². The Balaban J connectivity index is 1.54. The molecule has 3 aromatic carbocycles. The number of amides is 3. The van der Waals surface area contributed by atoms with Crippen LogP contribution in [-0.2, 0) is 9.59 Å². The van der Waals surface area contributed by atoms with E-state index in [1.165, 1.54) is 9.91 Å². The number of hydrogen-bond donors (Lipinski definition) is 2. The van der Waals surface area contributed by atoms with Crippen molar-refractivity contribution in [1.82, 2.24) is 10.4 Å². The number of thiocarbonyl (C=S) groups is 1. The molecule has 1 aliphatic heterocycles. The maximum Gasteiger partial charge on any atom is 0.269 e. The van der Waals surface area contributed by atoms with Crippen molar-refractivity contribution in [2.24, 2.45) is 0 Å². The molecule has 1 aliphatic rings. The molecule has 3 aromatic rings. The molecule has 9 heteroatoms. The second-order valence-electron chi connectivity index (χ2n) is 7.69. The fourth-order valence-electron chi connectivity index (χ4n) is 3.67. The zero-order valence-corrected chi connectivity index (χ0v) is 19.8. The lowest BCUT2D eigenvalue weighted by molar-refractivity contribution is -0.124. The van der Waals surface area contributed by atoms with E-state index < -0.39 is 23.8 Å². The molecule has 35 heavy (non-hydrogen) atoms. The van der Waals surface area contributed by atoms with Crippen LogP contribution in [0.5, 0.6) is 5.75 Å². The Hall–Kier alpha value is -4.24. The summed E-state index contributed by atoms with van der Waals surface area (Å²) in [6.45, 7) is 2.43. The molecule has 1 heterocycles. The standard InChI is InChI=1S/C26H24N4O4S/c1-2-34-21-15-13-19(14-16-21)27-23(31)17-22-25(33)29(20-11-7-4-8-12-20)26(35)30(22)28-24(32)18-9-5-3-6-10-18/h3-16,22H,2,17H2,1H3,(H,27,31)(H,28,32). The molecular weight excluding hydrogens is 464 g/mol. The van der Waals surface area contributed by atoms with Crippen LogP contribution in [0.15, 0.2) is 84.9 Å². The summed E-state index contributed by atoms with van der Waals surface area (Å²) in [5, 5.41) is 4.16. The summed E-state index contributed by atoms with van der Waals surface area (Å²) >= 11 is 5.56. The first kappa shape index (κ1) is 23.9. The Bertz CT molecular complexity index is 1220. The Morgan fingerprint density at radius 3 is 2.20 bits per heavy atom. The first-order valence-electron chi connectivity index (χ1n) is 11.1. The van der Waals surface area contributed by atoms with Gasteiger partial charge in [-0.3, -0.25) is 24.7 Å². The van der Waals surface area contributed by atoms with Gasteiger partial charge in [0.05, 0.1) is 18.7 Å². The largest absolute Gasteiger partial charge is 0.494 e. The van der Waals surface area contributed by atoms with E-state index in [-0.39, 0.29) is 11.5 Å². The van der Waals surface area contributed by atoms with Crippen LogP contribution in [0.4, 0.5) is 11.4 Å². The van der Waals surface area contributed by atoms with Crippen molar-refractivity contribution in [3.8, 4) is 5.75 Å². The van der Waals surface area contributed by atoms with E-state index in [9.17, 15) is 14.4 Å². The van der Waals surface area contributed by atoms with Crippen molar-refractivity contribution in [3.05, 3.63) is 90.5 Å². The fourth-order valence-corrected chi connectivity index (χ4v) is 4.03. The van der Waals surface area contributed by atoms with Gasteiger partial charge in [0.25, 0.3) is 11.8 Å². The average molecular weight is 489 g/mol. The van der Waals surface area contributed by atoms with Crippen molar-refractivity contribution < 1.29 is 19.1 Å². The van der Waals surface area contributed by atoms with Crippen LogP contribution in [0.2, 0.25) is 0 Å². The van der Waals surface area contributed by atoms with E-state index in [2.05, 4.69) is 10.7 Å². The van der Waals surface area contributed by atoms with Crippen LogP contribution in [0, 0.1) is 0 Å². The minimum absolute atomic E-state index is 0.0874. The highest BCUT2D eigenvalue weighted by Gasteiger charge is 2.45. The number of carbonyl (C=O) groups is 3. The van der Waals surface area contributed by atoms with Gasteiger partial charge in [0.2, 0.25) is 11.0 Å². The number of benzene rings is 3. The van der Waals surface area contributed by atoms with Gasteiger partial charge in [0, 0.05) is 11.3 Å². The second kappa shape index (κ2) is 10.8. The van der Waals surface area contributed by atoms with E-state index in [1.807, 2.05) is 13.0 Å². The molecule has 8 nitrogen and oxygen atoms in total. The predicted molar refractivity (Wildman–Crippen MR) is 137 cm³/mol. The van der Waals surface area contributed by atoms with Gasteiger partial charge in [-0.05, 0) is 67.7 Å². The van der Waals surface area contributed by atoms with Gasteiger partial charge in [-0.2, -0.15) is 0 Å². The van der Waals surface area contributed by atoms with Gasteiger partial charge in [-0.15, -0.1) is 0 Å². The van der Waals surface area contributed by atoms with Crippen molar-refractivity contribution in [3.63, 3.8) is 0 Å². The van der Waals surface area contributed by atoms with Crippen LogP contribution < -0.4 is 20.4 Å². The molecule has 1 saturated heterocycles. The summed E-state index contributed by atoms with van der Waals surface area (Å²) in [4.78, 5) is 40.5. The summed E-state index contributed by atoms with van der Waals surface area (Å²) < 4.78 is 5.42. The average Bonchev–Trinajstić information content (AvgIpc) is 3.10. The topological polar surface area (TPSA) is 91.0 Å². The Morgan fingerprint density at radius 2 is 1.57 bits per heavy atom. The number of ether oxygens (including phenoxy) is 1. The van der Waals surface area contributed by atoms with Gasteiger partial charge in [0.15, 0.2) is 0 Å². The zero-order chi connectivity index (χ0) is 24.8. The van der Waals surface area contributed by atoms with Gasteiger partial charge in [-0.1, -0.05) is 36.4 Å². The lowest BCUT2D eigenvalue weighted by Gasteiger charge is -2.24. The number of nitrogens with zero attached hydrogens (tertiary/aromatic N) is 2. The highest BCUT2D eigenvalue weighted by atomic mass is 32.1. The van der Waals surface area contributed by atoms with E-state index in [1.54, 1.807) is 78.9 Å². The quantitative estimate of drug-likeness (QED) is 0.469. The third-order valence-electron chi connectivity index (χ3n) is 5.31. The van der Waals surface area contributed by atoms with Crippen LogP contribution in [0.3, 0.4) is 0 Å². The van der Waals surface area contributed by atoms with Crippen LogP contribution in [0.1, 0.15) is 23.7 Å². The molecule has 0 radical (unpaired) electrons. The lowest BCUT2D eigenvalue weighted by Crippen LogP contribution is -2.49. The van der Waals surface area contributed by atoms with Gasteiger partial charge < -0.3 is 10.1 Å². The molecule has 0 aromatic heterocycles. The van der Waals surface area contributed by atoms with Crippen molar-refractivity contribution in [2.45, 2.75) is 19.4 Å². The molecule has 0 saturated carbocycles. The summed E-state index contributed by atoms with van der Waals surface area (Å²) in [5.74, 6) is -0.553. The predicted octanol–water partition coefficient (Wildman–Crippen LogP) is 3.76. The third-order valence-corrected chi connectivity index (χ3v) is 5.69. The molecule has 3 amide bonds. The highest BCUT2D eigenvalue weighted by Crippen LogP contribution is 2.26. The number of rotatable bonds is 8. The van der Waals surface area contributed by atoms with Crippen molar-refractivity contribution >= 4 is 46.4 Å². The molecule has 1 fully saturated rings. The number of hydrogen-bond acceptors (Lipinski definition) is 5. The molecule has 1 unspecified atom stereocenters. The van der Waals surface area contributed by atoms with Crippen molar-refractivity contribution in [1.29, 1.82) is 0 Å². The number of carbonyl (C=O) groups excluding carboxylic acids is 3. The Kier molecular flexibility index (Phi) is 7.37. The molecule has 0 spiro atoms. The molecule has 2 N–H and O–H groups in total. The Labute approximate surface area is 208 Å². The molecule has 4 rings (SSSR count). The van der Waals surface area contributed by atoms with E-state index in [0.717, 1.165) is 0 Å². The van der Waals surface area contributed by atoms with Gasteiger partial charge in [-0.25, -0.2) is 5.01 Å². The highest BCUT2D eigenvalue weighted by molar-refractivity contribution is 7.80. The lowest BCUT2D eigenvalue weighted by atomic mass is 10.1. The van der Waals surface area contributed by atoms with E-state index >= 15 is 0 Å². The zero-order valence-electron chi connectivity index (χ0n) is 19.0. The smallest absolute Gasteiger partial charge is 0.269 e. The first-order valence-corrected chi connectivity index (χ1v) is 11.5. The van der Waals surface area contributed by atoms with Gasteiger partial charge >= 0.3 is 0 Å². The monoisotopic (exact) mass is 488 g/mol. The summed E-state index contributed by atoms with van der Waals surface area (Å²) in [6.07, 6.45) is -0.218. The third kappa shape index (κ3) is 5.47.